The predicted octanol–water partition coefficient (Wildman–Crippen LogP) is 6.75. The molecule has 40 heavy (non-hydrogen) atoms. The number of benzene rings is 3. The molecule has 0 bridgehead atoms. The third kappa shape index (κ3) is 5.85. The molecule has 3 aromatic carbocycles. The Balaban J connectivity index is 1.47. The lowest BCUT2D eigenvalue weighted by atomic mass is 9.90. The second-order valence-electron chi connectivity index (χ2n) is 10.6. The van der Waals surface area contributed by atoms with Crippen molar-refractivity contribution in [2.24, 2.45) is 0 Å². The number of methoxy groups -OCH3 is 1. The number of aliphatic hydroxyl groups excluding tert-OH is 1. The summed E-state index contributed by atoms with van der Waals surface area (Å²) in [5, 5.41) is 10.7. The average molecular weight is 546 g/mol. The fourth-order valence-corrected chi connectivity index (χ4v) is 5.71. The van der Waals surface area contributed by atoms with Gasteiger partial charge in [-0.15, -0.1) is 0 Å². The maximum absolute atomic E-state index is 14.3. The number of carbonyl (C=O) groups excluding carboxylic acids is 1. The Hall–Kier alpha value is -3.84. The van der Waals surface area contributed by atoms with Crippen LogP contribution in [0.15, 0.2) is 73.0 Å². The molecule has 1 aliphatic carbocycles. The standard InChI is InChI=1S/C33H36FNO5/c1-21-8-4-7-11-27(21)32(40-26-9-5-6-10-26)33(37)35-19-24-14-17-30(38-3)31(28(24)18-29(35)22(2)36)39-20-23-12-15-25(34)16-13-23/h4,7-8,11-17,26,29,32,36H,2,5-6,9-10,18-20H2,1,3H3/t29-,32-/m1/s1. The van der Waals surface area contributed by atoms with E-state index in [0.29, 0.717) is 17.9 Å². The maximum atomic E-state index is 14.3. The Labute approximate surface area is 235 Å². The largest absolute Gasteiger partial charge is 0.511 e. The summed E-state index contributed by atoms with van der Waals surface area (Å²) in [6.07, 6.45) is 3.60. The highest BCUT2D eigenvalue weighted by Crippen LogP contribution is 2.41. The van der Waals surface area contributed by atoms with Gasteiger partial charge in [-0.25, -0.2) is 4.39 Å². The lowest BCUT2D eigenvalue weighted by Crippen LogP contribution is -2.48. The van der Waals surface area contributed by atoms with E-state index in [4.69, 9.17) is 14.2 Å². The van der Waals surface area contributed by atoms with E-state index in [-0.39, 0.29) is 36.7 Å². The molecule has 7 heteroatoms. The van der Waals surface area contributed by atoms with Crippen molar-refractivity contribution in [3.8, 4) is 11.5 Å². The number of carbonyl (C=O) groups is 1. The van der Waals surface area contributed by atoms with Crippen LogP contribution in [0.25, 0.3) is 0 Å². The minimum atomic E-state index is -0.778. The molecule has 1 aliphatic heterocycles. The van der Waals surface area contributed by atoms with Gasteiger partial charge in [-0.05, 0) is 60.2 Å². The van der Waals surface area contributed by atoms with Gasteiger partial charge in [0.15, 0.2) is 17.6 Å². The molecule has 210 valence electrons. The summed E-state index contributed by atoms with van der Waals surface area (Å²) >= 11 is 0. The van der Waals surface area contributed by atoms with Crippen molar-refractivity contribution in [2.75, 3.05) is 7.11 Å². The van der Waals surface area contributed by atoms with E-state index in [0.717, 1.165) is 53.5 Å². The molecular formula is C33H36FNO5. The van der Waals surface area contributed by atoms with Gasteiger partial charge in [0.2, 0.25) is 0 Å². The second-order valence-corrected chi connectivity index (χ2v) is 10.6. The molecule has 3 aromatic rings. The van der Waals surface area contributed by atoms with Crippen LogP contribution in [0, 0.1) is 12.7 Å². The van der Waals surface area contributed by atoms with E-state index >= 15 is 0 Å². The topological polar surface area (TPSA) is 68.2 Å². The highest BCUT2D eigenvalue weighted by Gasteiger charge is 2.39. The van der Waals surface area contributed by atoms with Crippen LogP contribution < -0.4 is 9.47 Å². The minimum Gasteiger partial charge on any atom is -0.511 e. The van der Waals surface area contributed by atoms with Crippen LogP contribution in [-0.4, -0.2) is 35.2 Å². The first-order chi connectivity index (χ1) is 19.4. The number of hydrogen-bond donors (Lipinski definition) is 1. The van der Waals surface area contributed by atoms with Crippen LogP contribution in [0.4, 0.5) is 4.39 Å². The van der Waals surface area contributed by atoms with E-state index in [1.807, 2.05) is 43.3 Å². The van der Waals surface area contributed by atoms with Crippen molar-refractivity contribution in [3.63, 3.8) is 0 Å². The Bertz CT molecular complexity index is 1370. The van der Waals surface area contributed by atoms with Gasteiger partial charge < -0.3 is 24.2 Å². The van der Waals surface area contributed by atoms with E-state index in [2.05, 4.69) is 6.58 Å². The number of aryl methyl sites for hydroxylation is 1. The summed E-state index contributed by atoms with van der Waals surface area (Å²) in [4.78, 5) is 15.9. The van der Waals surface area contributed by atoms with Crippen LogP contribution in [0.5, 0.6) is 11.5 Å². The van der Waals surface area contributed by atoms with Gasteiger partial charge in [-0.2, -0.15) is 0 Å². The first-order valence-electron chi connectivity index (χ1n) is 13.8. The first-order valence-corrected chi connectivity index (χ1v) is 13.8. The predicted molar refractivity (Wildman–Crippen MR) is 151 cm³/mol. The van der Waals surface area contributed by atoms with Crippen molar-refractivity contribution >= 4 is 5.91 Å². The van der Waals surface area contributed by atoms with E-state index in [1.54, 1.807) is 24.1 Å². The molecule has 0 aromatic heterocycles. The molecule has 0 spiro atoms. The minimum absolute atomic E-state index is 0.0251. The van der Waals surface area contributed by atoms with Gasteiger partial charge >= 0.3 is 0 Å². The smallest absolute Gasteiger partial charge is 0.257 e. The molecule has 0 unspecified atom stereocenters. The van der Waals surface area contributed by atoms with Crippen molar-refractivity contribution in [1.82, 2.24) is 4.90 Å². The number of fused-ring (bicyclic) bond motifs is 1. The van der Waals surface area contributed by atoms with Crippen LogP contribution in [0.2, 0.25) is 0 Å². The Morgan fingerprint density at radius 1 is 1.10 bits per heavy atom. The zero-order valence-electron chi connectivity index (χ0n) is 23.1. The van der Waals surface area contributed by atoms with Crippen LogP contribution in [0.1, 0.15) is 59.6 Å². The van der Waals surface area contributed by atoms with Gasteiger partial charge in [0.1, 0.15) is 18.2 Å². The number of hydrogen-bond acceptors (Lipinski definition) is 5. The van der Waals surface area contributed by atoms with Crippen molar-refractivity contribution in [3.05, 3.63) is 107 Å². The molecule has 0 radical (unpaired) electrons. The lowest BCUT2D eigenvalue weighted by molar-refractivity contribution is -0.151. The van der Waals surface area contributed by atoms with Crippen molar-refractivity contribution in [1.29, 1.82) is 0 Å². The SMILES string of the molecule is C=C(O)[C@H]1Cc2c(ccc(OC)c2OCc2ccc(F)cc2)CN1C(=O)[C@H](OC1CCCC1)c1ccccc1C. The fraction of sp³-hybridized carbons (Fsp3) is 0.364. The summed E-state index contributed by atoms with van der Waals surface area (Å²) < 4.78 is 31.7. The summed E-state index contributed by atoms with van der Waals surface area (Å²) in [5.74, 6) is 0.478. The zero-order chi connectivity index (χ0) is 28.2. The zero-order valence-corrected chi connectivity index (χ0v) is 23.1. The van der Waals surface area contributed by atoms with E-state index in [1.165, 1.54) is 12.1 Å². The molecule has 2 aliphatic rings. The number of halogens is 1. The quantitative estimate of drug-likeness (QED) is 0.302. The summed E-state index contributed by atoms with van der Waals surface area (Å²) in [7, 11) is 1.57. The molecular weight excluding hydrogens is 509 g/mol. The van der Waals surface area contributed by atoms with Gasteiger partial charge in [0, 0.05) is 18.5 Å². The van der Waals surface area contributed by atoms with Crippen molar-refractivity contribution < 1.29 is 28.5 Å². The average Bonchev–Trinajstić information content (AvgIpc) is 3.48. The second kappa shape index (κ2) is 12.1. The number of ether oxygens (including phenoxy) is 3. The van der Waals surface area contributed by atoms with Gasteiger partial charge in [-0.1, -0.05) is 61.9 Å². The van der Waals surface area contributed by atoms with E-state index < -0.39 is 12.1 Å². The van der Waals surface area contributed by atoms with Crippen LogP contribution in [-0.2, 0) is 29.1 Å². The van der Waals surface area contributed by atoms with Gasteiger partial charge in [-0.3, -0.25) is 4.79 Å². The number of amides is 1. The van der Waals surface area contributed by atoms with Gasteiger partial charge in [0.25, 0.3) is 5.91 Å². The number of nitrogens with zero attached hydrogens (tertiary/aromatic N) is 1. The Morgan fingerprint density at radius 3 is 2.50 bits per heavy atom. The molecule has 5 rings (SSSR count). The third-order valence-electron chi connectivity index (χ3n) is 7.95. The normalized spacial score (nSPS) is 17.8. The molecule has 0 saturated heterocycles. The first kappa shape index (κ1) is 27.7. The fourth-order valence-electron chi connectivity index (χ4n) is 5.71. The summed E-state index contributed by atoms with van der Waals surface area (Å²) in [6.45, 7) is 6.28. The summed E-state index contributed by atoms with van der Waals surface area (Å²) in [5.41, 5.74) is 4.37. The Kier molecular flexibility index (Phi) is 8.40. The van der Waals surface area contributed by atoms with Gasteiger partial charge in [0.05, 0.1) is 19.3 Å². The third-order valence-corrected chi connectivity index (χ3v) is 7.95. The van der Waals surface area contributed by atoms with Crippen LogP contribution >= 0.6 is 0 Å². The molecule has 6 nitrogen and oxygen atoms in total. The molecule has 1 amide bonds. The molecule has 1 heterocycles. The highest BCUT2D eigenvalue weighted by molar-refractivity contribution is 5.84. The molecule has 2 atom stereocenters. The number of aliphatic hydroxyl groups is 1. The summed E-state index contributed by atoms with van der Waals surface area (Å²) in [6, 6.07) is 17.0. The highest BCUT2D eigenvalue weighted by atomic mass is 19.1. The maximum Gasteiger partial charge on any atom is 0.257 e. The van der Waals surface area contributed by atoms with E-state index in [9.17, 15) is 14.3 Å². The lowest BCUT2D eigenvalue weighted by Gasteiger charge is -2.39. The Morgan fingerprint density at radius 2 is 1.82 bits per heavy atom. The molecule has 1 fully saturated rings. The number of rotatable bonds is 9. The van der Waals surface area contributed by atoms with Crippen molar-refractivity contribution in [2.45, 2.75) is 70.4 Å². The van der Waals surface area contributed by atoms with Crippen LogP contribution in [0.3, 0.4) is 0 Å². The molecule has 1 N–H and O–H groups in total. The monoisotopic (exact) mass is 545 g/mol. The molecule has 1 saturated carbocycles.